The topological polar surface area (TPSA) is 17.1 Å². The first-order chi connectivity index (χ1) is 8.77. The van der Waals surface area contributed by atoms with Gasteiger partial charge in [0.2, 0.25) is 0 Å². The van der Waals surface area contributed by atoms with E-state index < -0.39 is 0 Å². The van der Waals surface area contributed by atoms with Crippen LogP contribution < -0.4 is 0 Å². The molecule has 0 heterocycles. The minimum atomic E-state index is 0.198. The Kier molecular flexibility index (Phi) is 3.59. The Morgan fingerprint density at radius 3 is 2.05 bits per heavy atom. The van der Waals surface area contributed by atoms with Crippen LogP contribution in [0.2, 0.25) is 0 Å². The van der Waals surface area contributed by atoms with Crippen molar-refractivity contribution in [1.29, 1.82) is 0 Å². The summed E-state index contributed by atoms with van der Waals surface area (Å²) in [6.07, 6.45) is 0. The van der Waals surface area contributed by atoms with Crippen LogP contribution in [0, 0.1) is 25.7 Å². The monoisotopic (exact) mass is 258 g/mol. The third kappa shape index (κ3) is 2.04. The summed E-state index contributed by atoms with van der Waals surface area (Å²) in [6, 6.07) is 2.27. The van der Waals surface area contributed by atoms with Gasteiger partial charge in [-0.3, -0.25) is 4.79 Å². The van der Waals surface area contributed by atoms with Crippen molar-refractivity contribution in [1.82, 2.24) is 0 Å². The fourth-order valence-electron chi connectivity index (χ4n) is 4.01. The predicted octanol–water partition coefficient (Wildman–Crippen LogP) is 5.00. The van der Waals surface area contributed by atoms with E-state index in [0.717, 1.165) is 11.1 Å². The molecule has 1 aliphatic carbocycles. The summed E-state index contributed by atoms with van der Waals surface area (Å²) in [5, 5.41) is 0. The predicted molar refractivity (Wildman–Crippen MR) is 81.1 cm³/mol. The molecule has 0 saturated carbocycles. The number of carbonyl (C=O) groups is 1. The Balaban J connectivity index is 2.75. The second-order valence-electron chi connectivity index (χ2n) is 6.55. The maximum absolute atomic E-state index is 11.9. The molecular formula is C18H26O. The highest BCUT2D eigenvalue weighted by Crippen LogP contribution is 2.48. The fourth-order valence-corrected chi connectivity index (χ4v) is 4.01. The van der Waals surface area contributed by atoms with Crippen molar-refractivity contribution in [3.05, 3.63) is 33.9 Å². The molecule has 1 heteroatoms. The molecule has 0 fully saturated rings. The van der Waals surface area contributed by atoms with E-state index in [1.165, 1.54) is 16.7 Å². The highest BCUT2D eigenvalue weighted by molar-refractivity contribution is 5.97. The van der Waals surface area contributed by atoms with Gasteiger partial charge in [0, 0.05) is 5.56 Å². The van der Waals surface area contributed by atoms with Gasteiger partial charge in [0.25, 0.3) is 0 Å². The van der Waals surface area contributed by atoms with Crippen LogP contribution in [0.25, 0.3) is 0 Å². The maximum Gasteiger partial charge on any atom is 0.160 e. The molecule has 1 aliphatic rings. The molecule has 19 heavy (non-hydrogen) atoms. The lowest BCUT2D eigenvalue weighted by atomic mass is 9.64. The van der Waals surface area contributed by atoms with Gasteiger partial charge in [0.05, 0.1) is 0 Å². The molecule has 4 atom stereocenters. The molecular weight excluding hydrogens is 232 g/mol. The van der Waals surface area contributed by atoms with Crippen molar-refractivity contribution < 1.29 is 4.79 Å². The second kappa shape index (κ2) is 4.77. The summed E-state index contributed by atoms with van der Waals surface area (Å²) in [6.45, 7) is 15.2. The fraction of sp³-hybridized carbons (Fsp3) is 0.611. The molecule has 0 aliphatic heterocycles. The largest absolute Gasteiger partial charge is 0.294 e. The van der Waals surface area contributed by atoms with Gasteiger partial charge in [-0.15, -0.1) is 0 Å². The van der Waals surface area contributed by atoms with E-state index in [9.17, 15) is 4.79 Å². The van der Waals surface area contributed by atoms with E-state index in [2.05, 4.69) is 47.6 Å². The summed E-state index contributed by atoms with van der Waals surface area (Å²) < 4.78 is 0. The summed E-state index contributed by atoms with van der Waals surface area (Å²) >= 11 is 0. The van der Waals surface area contributed by atoms with Gasteiger partial charge >= 0.3 is 0 Å². The van der Waals surface area contributed by atoms with E-state index in [-0.39, 0.29) is 5.78 Å². The minimum absolute atomic E-state index is 0.198. The molecule has 0 amide bonds. The summed E-state index contributed by atoms with van der Waals surface area (Å²) in [4.78, 5) is 11.9. The Morgan fingerprint density at radius 2 is 1.53 bits per heavy atom. The third-order valence-corrected chi connectivity index (χ3v) is 5.56. The minimum Gasteiger partial charge on any atom is -0.294 e. The lowest BCUT2D eigenvalue weighted by Gasteiger charge is -2.40. The first-order valence-electron chi connectivity index (χ1n) is 7.42. The van der Waals surface area contributed by atoms with Crippen LogP contribution >= 0.6 is 0 Å². The number of hydrogen-bond donors (Lipinski definition) is 0. The number of hydrogen-bond acceptors (Lipinski definition) is 1. The Hall–Kier alpha value is -1.11. The number of fused-ring (bicyclic) bond motifs is 1. The number of benzene rings is 1. The molecule has 1 aromatic rings. The van der Waals surface area contributed by atoms with Crippen molar-refractivity contribution >= 4 is 5.78 Å². The Bertz CT molecular complexity index is 527. The molecule has 1 nitrogen and oxygen atoms in total. The highest BCUT2D eigenvalue weighted by Gasteiger charge is 2.35. The van der Waals surface area contributed by atoms with Gasteiger partial charge in [0.1, 0.15) is 0 Å². The SMILES string of the molecule is CC(=O)c1c(C)cc2c(c1C)C(C)C(C)C(C)C2C. The zero-order valence-corrected chi connectivity index (χ0v) is 13.3. The van der Waals surface area contributed by atoms with Crippen molar-refractivity contribution in [2.24, 2.45) is 11.8 Å². The number of carbonyl (C=O) groups excluding carboxylic acids is 1. The number of ketones is 1. The zero-order chi connectivity index (χ0) is 14.5. The van der Waals surface area contributed by atoms with Gasteiger partial charge in [-0.2, -0.15) is 0 Å². The first kappa shape index (κ1) is 14.3. The van der Waals surface area contributed by atoms with Crippen LogP contribution in [-0.2, 0) is 0 Å². The van der Waals surface area contributed by atoms with Crippen LogP contribution in [-0.4, -0.2) is 5.78 Å². The van der Waals surface area contributed by atoms with E-state index >= 15 is 0 Å². The van der Waals surface area contributed by atoms with Crippen LogP contribution in [0.15, 0.2) is 6.07 Å². The van der Waals surface area contributed by atoms with E-state index in [1.807, 2.05) is 0 Å². The Labute approximate surface area is 117 Å². The molecule has 0 saturated heterocycles. The summed E-state index contributed by atoms with van der Waals surface area (Å²) in [5.41, 5.74) is 6.22. The van der Waals surface area contributed by atoms with Crippen molar-refractivity contribution in [3.8, 4) is 0 Å². The van der Waals surface area contributed by atoms with Crippen LogP contribution in [0.5, 0.6) is 0 Å². The number of rotatable bonds is 1. The normalized spacial score (nSPS) is 30.1. The quantitative estimate of drug-likeness (QED) is 0.648. The van der Waals surface area contributed by atoms with Crippen LogP contribution in [0.3, 0.4) is 0 Å². The molecule has 0 N–H and O–H groups in total. The van der Waals surface area contributed by atoms with Gasteiger partial charge in [-0.25, -0.2) is 0 Å². The van der Waals surface area contributed by atoms with E-state index in [0.29, 0.717) is 23.7 Å². The number of aryl methyl sites for hydroxylation is 1. The number of Topliss-reactive ketones (excluding diaryl/α,β-unsaturated/α-hetero) is 1. The van der Waals surface area contributed by atoms with E-state index in [4.69, 9.17) is 0 Å². The second-order valence-corrected chi connectivity index (χ2v) is 6.55. The summed E-state index contributed by atoms with van der Waals surface area (Å²) in [5.74, 6) is 2.69. The van der Waals surface area contributed by atoms with Crippen molar-refractivity contribution in [2.45, 2.75) is 60.3 Å². The smallest absolute Gasteiger partial charge is 0.160 e. The first-order valence-corrected chi connectivity index (χ1v) is 7.42. The molecule has 104 valence electrons. The molecule has 0 bridgehead atoms. The molecule has 0 aromatic heterocycles. The molecule has 0 spiro atoms. The standard InChI is InChI=1S/C18H26O/c1-9-8-16-12(4)10(2)11(3)13(5)18(16)14(6)17(9)15(7)19/h8,10-13H,1-7H3. The zero-order valence-electron chi connectivity index (χ0n) is 13.3. The molecule has 1 aromatic carbocycles. The lowest BCUT2D eigenvalue weighted by molar-refractivity contribution is 0.101. The molecule has 2 rings (SSSR count). The van der Waals surface area contributed by atoms with Gasteiger partial charge < -0.3 is 0 Å². The highest BCUT2D eigenvalue weighted by atomic mass is 16.1. The average molecular weight is 258 g/mol. The van der Waals surface area contributed by atoms with Gasteiger partial charge in [-0.1, -0.05) is 33.8 Å². The van der Waals surface area contributed by atoms with Crippen LogP contribution in [0.1, 0.15) is 79.1 Å². The van der Waals surface area contributed by atoms with E-state index in [1.54, 1.807) is 6.92 Å². The third-order valence-electron chi connectivity index (χ3n) is 5.56. The van der Waals surface area contributed by atoms with Crippen molar-refractivity contribution in [3.63, 3.8) is 0 Å². The summed E-state index contributed by atoms with van der Waals surface area (Å²) in [7, 11) is 0. The van der Waals surface area contributed by atoms with Gasteiger partial charge in [0.15, 0.2) is 5.78 Å². The van der Waals surface area contributed by atoms with Crippen LogP contribution in [0.4, 0.5) is 0 Å². The van der Waals surface area contributed by atoms with Gasteiger partial charge in [-0.05, 0) is 66.7 Å². The molecule has 4 unspecified atom stereocenters. The molecule has 0 radical (unpaired) electrons. The average Bonchev–Trinajstić information content (AvgIpc) is 2.32. The Morgan fingerprint density at radius 1 is 1.00 bits per heavy atom. The lowest BCUT2D eigenvalue weighted by Crippen LogP contribution is -2.29. The maximum atomic E-state index is 11.9. The van der Waals surface area contributed by atoms with Crippen molar-refractivity contribution in [2.75, 3.05) is 0 Å².